The molecule has 0 spiro atoms. The first kappa shape index (κ1) is 28.3. The van der Waals surface area contributed by atoms with Gasteiger partial charge in [0, 0.05) is 45.3 Å². The third-order valence-corrected chi connectivity index (χ3v) is 7.44. The van der Waals surface area contributed by atoms with Gasteiger partial charge in [-0.1, -0.05) is 41.4 Å². The standard InChI is InChI=1S/C31H24ClFN2O2S.ClH/c1-20-4-11-29(37-19-24-9-10-25(33)16-28(24)32)27(15-20)26-12-14-38-30(26)22-5-7-23(8-6-22)31(36)35-18-21-3-2-13-34-17-21;/h2-17H,18-19H2,1H3,(H,35,36);1H. The summed E-state index contributed by atoms with van der Waals surface area (Å²) in [5, 5.41) is 5.33. The minimum Gasteiger partial charge on any atom is -1.00 e. The number of nitrogens with one attached hydrogen (secondary N) is 2. The molecule has 3 aromatic carbocycles. The van der Waals surface area contributed by atoms with Crippen LogP contribution in [0.4, 0.5) is 4.39 Å². The number of carbonyl (C=O) groups is 1. The van der Waals surface area contributed by atoms with Crippen molar-refractivity contribution in [3.05, 3.63) is 130 Å². The molecular weight excluding hydrogens is 554 g/mol. The van der Waals surface area contributed by atoms with E-state index in [9.17, 15) is 9.18 Å². The largest absolute Gasteiger partial charge is 1.00 e. The van der Waals surface area contributed by atoms with Gasteiger partial charge in [-0.2, -0.15) is 0 Å². The molecule has 5 aromatic rings. The highest BCUT2D eigenvalue weighted by Gasteiger charge is 2.16. The second kappa shape index (κ2) is 12.9. The van der Waals surface area contributed by atoms with Crippen LogP contribution >= 0.6 is 22.9 Å². The Balaban J connectivity index is 0.00000353. The summed E-state index contributed by atoms with van der Waals surface area (Å²) in [4.78, 5) is 16.7. The molecular formula is C31H25Cl2FN2O2S. The van der Waals surface area contributed by atoms with Crippen LogP contribution in [-0.2, 0) is 13.2 Å². The van der Waals surface area contributed by atoms with Crippen LogP contribution in [0.3, 0.4) is 0 Å². The van der Waals surface area contributed by atoms with Crippen molar-refractivity contribution in [2.75, 3.05) is 0 Å². The number of thiophene rings is 1. The number of halogens is 3. The number of amides is 1. The quantitative estimate of drug-likeness (QED) is 0.294. The average molecular weight is 580 g/mol. The van der Waals surface area contributed by atoms with Crippen LogP contribution in [0.5, 0.6) is 5.75 Å². The van der Waals surface area contributed by atoms with Crippen LogP contribution in [0.15, 0.2) is 96.6 Å². The van der Waals surface area contributed by atoms with E-state index >= 15 is 0 Å². The number of rotatable bonds is 8. The molecule has 0 fully saturated rings. The highest BCUT2D eigenvalue weighted by Crippen LogP contribution is 2.41. The van der Waals surface area contributed by atoms with Crippen molar-refractivity contribution in [3.63, 3.8) is 0 Å². The van der Waals surface area contributed by atoms with Gasteiger partial charge in [0.1, 0.15) is 18.2 Å². The third kappa shape index (κ3) is 6.84. The Morgan fingerprint density at radius 3 is 2.59 bits per heavy atom. The van der Waals surface area contributed by atoms with E-state index in [1.54, 1.807) is 17.4 Å². The van der Waals surface area contributed by atoms with Crippen molar-refractivity contribution in [3.8, 4) is 27.3 Å². The number of benzene rings is 3. The van der Waals surface area contributed by atoms with Crippen molar-refractivity contribution in [2.45, 2.75) is 20.1 Å². The first-order chi connectivity index (χ1) is 18.5. The maximum Gasteiger partial charge on any atom is 0.251 e. The first-order valence-electron chi connectivity index (χ1n) is 12.1. The van der Waals surface area contributed by atoms with Crippen LogP contribution in [0.25, 0.3) is 21.6 Å². The fraction of sp³-hybridized carbons (Fsp3) is 0.0968. The van der Waals surface area contributed by atoms with Crippen LogP contribution < -0.4 is 27.4 Å². The molecule has 0 aliphatic carbocycles. The van der Waals surface area contributed by atoms with Crippen LogP contribution in [0.2, 0.25) is 5.02 Å². The van der Waals surface area contributed by atoms with E-state index in [2.05, 4.69) is 22.4 Å². The van der Waals surface area contributed by atoms with Gasteiger partial charge in [-0.25, -0.2) is 9.37 Å². The maximum absolute atomic E-state index is 13.4. The Hall–Kier alpha value is -3.71. The molecule has 0 atom stereocenters. The van der Waals surface area contributed by atoms with Crippen molar-refractivity contribution >= 4 is 28.8 Å². The smallest absolute Gasteiger partial charge is 0.251 e. The summed E-state index contributed by atoms with van der Waals surface area (Å²) in [5.41, 5.74) is 6.42. The number of hydrogen-bond acceptors (Lipinski definition) is 3. The highest BCUT2D eigenvalue weighted by molar-refractivity contribution is 7.14. The zero-order valence-corrected chi connectivity index (χ0v) is 23.3. The summed E-state index contributed by atoms with van der Waals surface area (Å²) < 4.78 is 19.6. The zero-order valence-electron chi connectivity index (χ0n) is 21.0. The SMILES string of the molecule is Cc1ccc(OCc2ccc(F)cc2Cl)c(-c2ccsc2-c2ccc(C(=O)NCc3ccc[nH+]c3)cc2)c1.[Cl-]. The lowest BCUT2D eigenvalue weighted by Gasteiger charge is -2.14. The lowest BCUT2D eigenvalue weighted by molar-refractivity contribution is -0.378. The molecule has 0 saturated heterocycles. The van der Waals surface area contributed by atoms with Gasteiger partial charge in [0.2, 0.25) is 0 Å². The van der Waals surface area contributed by atoms with Gasteiger partial charge in [0.05, 0.1) is 5.02 Å². The van der Waals surface area contributed by atoms with Gasteiger partial charge in [0.15, 0.2) is 12.4 Å². The predicted octanol–water partition coefficient (Wildman–Crippen LogP) is 4.51. The molecule has 1 amide bonds. The Labute approximate surface area is 241 Å². The van der Waals surface area contributed by atoms with Crippen LogP contribution in [-0.4, -0.2) is 5.91 Å². The topological polar surface area (TPSA) is 52.5 Å². The molecule has 0 unspecified atom stereocenters. The van der Waals surface area contributed by atoms with Gasteiger partial charge in [0.25, 0.3) is 5.91 Å². The van der Waals surface area contributed by atoms with Crippen molar-refractivity contribution in [2.24, 2.45) is 0 Å². The lowest BCUT2D eigenvalue weighted by atomic mass is 9.99. The number of carbonyl (C=O) groups excluding carboxylic acids is 1. The van der Waals surface area contributed by atoms with E-state index in [1.165, 1.54) is 12.1 Å². The van der Waals surface area contributed by atoms with E-state index in [4.69, 9.17) is 16.3 Å². The third-order valence-electron chi connectivity index (χ3n) is 6.12. The molecule has 2 heterocycles. The Morgan fingerprint density at radius 1 is 1.03 bits per heavy atom. The Kier molecular flexibility index (Phi) is 9.36. The molecule has 2 N–H and O–H groups in total. The number of pyridine rings is 1. The van der Waals surface area contributed by atoms with E-state index in [0.717, 1.165) is 32.7 Å². The molecule has 198 valence electrons. The molecule has 0 aliphatic heterocycles. The minimum absolute atomic E-state index is 0. The number of hydrogen-bond donors (Lipinski definition) is 1. The minimum atomic E-state index is -0.379. The van der Waals surface area contributed by atoms with Gasteiger partial charge >= 0.3 is 0 Å². The summed E-state index contributed by atoms with van der Waals surface area (Å²) >= 11 is 7.83. The van der Waals surface area contributed by atoms with Crippen molar-refractivity contribution in [1.82, 2.24) is 5.32 Å². The summed E-state index contributed by atoms with van der Waals surface area (Å²) in [6.45, 7) is 2.71. The second-order valence-electron chi connectivity index (χ2n) is 8.86. The summed E-state index contributed by atoms with van der Waals surface area (Å²) in [7, 11) is 0. The number of H-pyrrole nitrogens is 1. The Morgan fingerprint density at radius 2 is 1.85 bits per heavy atom. The average Bonchev–Trinajstić information content (AvgIpc) is 3.42. The van der Waals surface area contributed by atoms with E-state index in [1.807, 2.05) is 73.2 Å². The molecule has 39 heavy (non-hydrogen) atoms. The number of aryl methyl sites for hydroxylation is 1. The van der Waals surface area contributed by atoms with E-state index in [0.29, 0.717) is 28.4 Å². The van der Waals surface area contributed by atoms with Crippen molar-refractivity contribution < 1.29 is 31.3 Å². The van der Waals surface area contributed by atoms with E-state index < -0.39 is 0 Å². The van der Waals surface area contributed by atoms with E-state index in [-0.39, 0.29) is 30.7 Å². The summed E-state index contributed by atoms with van der Waals surface area (Å²) in [6.07, 6.45) is 3.69. The molecule has 0 aliphatic rings. The molecule has 0 bridgehead atoms. The number of ether oxygens (including phenoxy) is 1. The molecule has 4 nitrogen and oxygen atoms in total. The normalized spacial score (nSPS) is 10.5. The number of aromatic amines is 1. The van der Waals surface area contributed by atoms with Crippen LogP contribution in [0, 0.1) is 12.7 Å². The predicted molar refractivity (Wildman–Crippen MR) is 150 cm³/mol. The molecule has 8 heteroatoms. The molecule has 2 aromatic heterocycles. The summed E-state index contributed by atoms with van der Waals surface area (Å²) in [5.74, 6) is 0.210. The number of aromatic nitrogens is 1. The monoisotopic (exact) mass is 578 g/mol. The first-order valence-corrected chi connectivity index (χ1v) is 13.3. The lowest BCUT2D eigenvalue weighted by Crippen LogP contribution is -3.00. The molecule has 0 saturated carbocycles. The van der Waals surface area contributed by atoms with Gasteiger partial charge in [-0.3, -0.25) is 4.79 Å². The highest BCUT2D eigenvalue weighted by atomic mass is 35.5. The fourth-order valence-corrected chi connectivity index (χ4v) is 5.26. The van der Waals surface area contributed by atoms with Crippen molar-refractivity contribution in [1.29, 1.82) is 0 Å². The Bertz CT molecular complexity index is 1570. The van der Waals surface area contributed by atoms with Crippen LogP contribution in [0.1, 0.15) is 27.0 Å². The van der Waals surface area contributed by atoms with Gasteiger partial charge in [-0.15, -0.1) is 11.3 Å². The molecule has 0 radical (unpaired) electrons. The van der Waals surface area contributed by atoms with Gasteiger partial charge in [-0.05, 0) is 66.4 Å². The molecule has 5 rings (SSSR count). The second-order valence-corrected chi connectivity index (χ2v) is 10.2. The van der Waals surface area contributed by atoms with Gasteiger partial charge < -0.3 is 22.5 Å². The zero-order chi connectivity index (χ0) is 26.5. The summed E-state index contributed by atoms with van der Waals surface area (Å²) in [6, 6.07) is 23.9. The fourth-order valence-electron chi connectivity index (χ4n) is 4.12. The maximum atomic E-state index is 13.4.